The van der Waals surface area contributed by atoms with Gasteiger partial charge in [0, 0.05) is 83.9 Å². The first-order valence-corrected chi connectivity index (χ1v) is 25.5. The lowest BCUT2D eigenvalue weighted by Gasteiger charge is -2.44. The molecule has 0 spiro atoms. The summed E-state index contributed by atoms with van der Waals surface area (Å²) in [6.45, 7) is 26.2. The van der Waals surface area contributed by atoms with E-state index in [0.717, 1.165) is 5.56 Å². The lowest BCUT2D eigenvalue weighted by Crippen LogP contribution is -2.60. The van der Waals surface area contributed by atoms with Crippen LogP contribution in [0.5, 0.6) is 0 Å². The number of hydrogen-bond acceptors (Lipinski definition) is 15. The lowest BCUT2D eigenvalue weighted by atomic mass is 10.2. The molecule has 2 amide bonds. The first-order valence-electron chi connectivity index (χ1n) is 23.6. The Labute approximate surface area is 404 Å². The van der Waals surface area contributed by atoms with Gasteiger partial charge in [0.25, 0.3) is 0 Å². The predicted octanol–water partition coefficient (Wildman–Crippen LogP) is 2.85. The molecule has 19 nitrogen and oxygen atoms in total. The van der Waals surface area contributed by atoms with Crippen molar-refractivity contribution in [1.82, 2.24) is 45.0 Å². The van der Waals surface area contributed by atoms with Gasteiger partial charge in [-0.1, -0.05) is 47.6 Å². The number of halogens is 1. The zero-order valence-electron chi connectivity index (χ0n) is 42.8. The van der Waals surface area contributed by atoms with Gasteiger partial charge < -0.3 is 39.4 Å². The van der Waals surface area contributed by atoms with E-state index in [2.05, 4.69) is 20.9 Å². The summed E-state index contributed by atoms with van der Waals surface area (Å²) in [5.74, 6) is -1.91. The number of carboxylic acids is 1. The second-order valence-corrected chi connectivity index (χ2v) is 26.3. The third-order valence-electron chi connectivity index (χ3n) is 11.1. The zero-order valence-corrected chi connectivity index (χ0v) is 43.8. The van der Waals surface area contributed by atoms with Gasteiger partial charge in [0.15, 0.2) is 0 Å². The molecule has 68 heavy (non-hydrogen) atoms. The van der Waals surface area contributed by atoms with Crippen molar-refractivity contribution < 1.29 is 47.4 Å². The maximum absolute atomic E-state index is 17.7. The summed E-state index contributed by atoms with van der Waals surface area (Å²) in [5.41, 5.74) is -0.488. The summed E-state index contributed by atoms with van der Waals surface area (Å²) in [4.78, 5) is 75.5. The highest BCUT2D eigenvalue weighted by atomic mass is 28.4. The van der Waals surface area contributed by atoms with Crippen LogP contribution >= 0.6 is 0 Å². The average Bonchev–Trinajstić information content (AvgIpc) is 3.62. The standard InChI is InChI=1S/C47H81FN10O9Si/c1-44(2,3)66-42(63)34-56-21-18-54(17-19-55(33-41(61)62)20-22-57(24-23-56)35-43(64)67-45(4,5)6)32-39(60)50-16-26-65-27-25-58-40(68(48,46(7,8)9)47(10,11)12)28-37(53-58)51-31-38(59)52-30-36-14-13-15-49-29-36/h13-15,28-29H,16-27,30-35H2,1-12H3,(H,50,60)(H,51,53)(H,52,59)(H,61,62). The van der Waals surface area contributed by atoms with Crippen LogP contribution in [-0.2, 0) is 51.3 Å². The van der Waals surface area contributed by atoms with Crippen LogP contribution in [0.2, 0.25) is 10.1 Å². The molecule has 1 saturated heterocycles. The van der Waals surface area contributed by atoms with Gasteiger partial charge in [0.1, 0.15) is 17.0 Å². The molecule has 0 atom stereocenters. The fourth-order valence-electron chi connectivity index (χ4n) is 8.07. The molecular weight excluding hydrogens is 896 g/mol. The number of aromatic nitrogens is 3. The highest BCUT2D eigenvalue weighted by molar-refractivity contribution is 6.90. The summed E-state index contributed by atoms with van der Waals surface area (Å²) in [6, 6.07) is 5.38. The Morgan fingerprint density at radius 1 is 0.706 bits per heavy atom. The van der Waals surface area contributed by atoms with Crippen molar-refractivity contribution in [3.63, 3.8) is 0 Å². The zero-order chi connectivity index (χ0) is 50.9. The van der Waals surface area contributed by atoms with Crippen LogP contribution < -0.4 is 21.3 Å². The molecule has 4 N–H and O–H groups in total. The Morgan fingerprint density at radius 3 is 1.66 bits per heavy atom. The topological polar surface area (TPSA) is 213 Å². The van der Waals surface area contributed by atoms with Gasteiger partial charge in [-0.25, -0.2) is 0 Å². The molecule has 0 bridgehead atoms. The minimum Gasteiger partial charge on any atom is -0.480 e. The normalized spacial score (nSPS) is 16.0. The van der Waals surface area contributed by atoms with E-state index in [1.54, 1.807) is 75.7 Å². The van der Waals surface area contributed by atoms with E-state index in [1.807, 2.05) is 62.3 Å². The summed E-state index contributed by atoms with van der Waals surface area (Å²) < 4.78 is 36.5. The van der Waals surface area contributed by atoms with E-state index in [4.69, 9.17) is 19.3 Å². The number of rotatable bonds is 20. The Kier molecular flexibility index (Phi) is 22.0. The maximum atomic E-state index is 17.7. The first kappa shape index (κ1) is 57.8. The van der Waals surface area contributed by atoms with Gasteiger partial charge >= 0.3 is 26.3 Å². The van der Waals surface area contributed by atoms with Gasteiger partial charge in [-0.3, -0.25) is 53.2 Å². The highest BCUT2D eigenvalue weighted by Gasteiger charge is 2.59. The Bertz CT molecular complexity index is 1920. The van der Waals surface area contributed by atoms with Crippen molar-refractivity contribution in [3.8, 4) is 0 Å². The molecule has 384 valence electrons. The Morgan fingerprint density at radius 2 is 1.21 bits per heavy atom. The van der Waals surface area contributed by atoms with E-state index in [9.17, 15) is 29.1 Å². The number of ether oxygens (including phenoxy) is 3. The molecule has 0 radical (unpaired) electrons. The molecular formula is C47H81FN10O9Si. The molecule has 2 aromatic rings. The van der Waals surface area contributed by atoms with E-state index in [-0.39, 0.29) is 70.8 Å². The van der Waals surface area contributed by atoms with Crippen molar-refractivity contribution in [2.24, 2.45) is 0 Å². The van der Waals surface area contributed by atoms with E-state index in [0.29, 0.717) is 70.0 Å². The molecule has 21 heteroatoms. The number of nitrogens with zero attached hydrogens (tertiary/aromatic N) is 7. The number of esters is 2. The number of pyridine rings is 1. The van der Waals surface area contributed by atoms with Crippen molar-refractivity contribution >= 4 is 49.3 Å². The quantitative estimate of drug-likeness (QED) is 0.0650. The van der Waals surface area contributed by atoms with Crippen LogP contribution in [0.25, 0.3) is 0 Å². The number of amides is 2. The largest absolute Gasteiger partial charge is 0.480 e. The number of nitrogens with one attached hydrogen (secondary N) is 3. The monoisotopic (exact) mass is 977 g/mol. The van der Waals surface area contributed by atoms with Crippen LogP contribution in [0.1, 0.15) is 88.6 Å². The summed E-state index contributed by atoms with van der Waals surface area (Å²) in [6.07, 6.45) is 3.35. The fraction of sp³-hybridized carbons (Fsp3) is 0.723. The molecule has 3 rings (SSSR count). The van der Waals surface area contributed by atoms with Gasteiger partial charge in [-0.2, -0.15) is 5.10 Å². The SMILES string of the molecule is CC(C)(C)OC(=O)CN1CCN(CC(=O)O)CCN(CC(=O)NCCOCCn2nc(NCC(=O)NCc3cccnc3)cc2[Si](F)(C(C)(C)C)C(C)(C)C)CCN(CC(=O)OC(C)(C)C)CC1. The summed E-state index contributed by atoms with van der Waals surface area (Å²) in [7, 11) is -3.79. The van der Waals surface area contributed by atoms with Crippen LogP contribution in [-0.4, -0.2) is 194 Å². The third kappa shape index (κ3) is 20.6. The van der Waals surface area contributed by atoms with Crippen LogP contribution in [0.3, 0.4) is 0 Å². The number of carbonyl (C=O) groups excluding carboxylic acids is 4. The summed E-state index contributed by atoms with van der Waals surface area (Å²) in [5, 5.41) is 22.4. The maximum Gasteiger partial charge on any atom is 0.320 e. The molecule has 1 aliphatic heterocycles. The minimum absolute atomic E-state index is 0.00152. The van der Waals surface area contributed by atoms with Crippen LogP contribution in [0.15, 0.2) is 30.6 Å². The number of anilines is 1. The molecule has 2 aromatic heterocycles. The smallest absolute Gasteiger partial charge is 0.320 e. The Hall–Kier alpha value is -4.54. The van der Waals surface area contributed by atoms with Crippen molar-refractivity contribution in [3.05, 3.63) is 36.2 Å². The number of hydrogen-bond donors (Lipinski definition) is 4. The number of carbonyl (C=O) groups is 5. The summed E-state index contributed by atoms with van der Waals surface area (Å²) >= 11 is 0. The van der Waals surface area contributed by atoms with Crippen molar-refractivity contribution in [2.75, 3.05) is 110 Å². The van der Waals surface area contributed by atoms with E-state index >= 15 is 4.11 Å². The fourth-order valence-corrected chi connectivity index (χ4v) is 12.7. The second-order valence-electron chi connectivity index (χ2n) is 21.4. The molecule has 0 aliphatic carbocycles. The van der Waals surface area contributed by atoms with E-state index < -0.39 is 47.6 Å². The molecule has 1 fully saturated rings. The van der Waals surface area contributed by atoms with Crippen molar-refractivity contribution in [1.29, 1.82) is 0 Å². The van der Waals surface area contributed by atoms with Gasteiger partial charge in [0.05, 0.1) is 57.8 Å². The Balaban J connectivity index is 1.66. The molecule has 1 aliphatic rings. The van der Waals surface area contributed by atoms with E-state index in [1.165, 1.54) is 0 Å². The van der Waals surface area contributed by atoms with Crippen LogP contribution in [0.4, 0.5) is 9.93 Å². The lowest BCUT2D eigenvalue weighted by molar-refractivity contribution is -0.158. The average molecular weight is 977 g/mol. The predicted molar refractivity (Wildman–Crippen MR) is 262 cm³/mol. The molecule has 0 unspecified atom stereocenters. The van der Waals surface area contributed by atoms with Gasteiger partial charge in [-0.05, 0) is 63.2 Å². The molecule has 3 heterocycles. The minimum atomic E-state index is -3.79. The van der Waals surface area contributed by atoms with Crippen LogP contribution in [0, 0.1) is 0 Å². The number of carboxylic acid groups (broad SMARTS) is 1. The molecule has 0 saturated carbocycles. The van der Waals surface area contributed by atoms with Crippen molar-refractivity contribution in [2.45, 2.75) is 117 Å². The number of aliphatic carboxylic acids is 1. The highest BCUT2D eigenvalue weighted by Crippen LogP contribution is 2.51. The molecule has 0 aromatic carbocycles. The van der Waals surface area contributed by atoms with Gasteiger partial charge in [0.2, 0.25) is 11.8 Å². The third-order valence-corrected chi connectivity index (χ3v) is 16.3. The second kappa shape index (κ2) is 25.9. The van der Waals surface area contributed by atoms with Gasteiger partial charge in [-0.15, -0.1) is 0 Å². The first-order chi connectivity index (χ1) is 31.5.